The van der Waals surface area contributed by atoms with Crippen LogP contribution >= 0.6 is 0 Å². The molecule has 1 N–H and O–H groups in total. The zero-order valence-electron chi connectivity index (χ0n) is 12.4. The van der Waals surface area contributed by atoms with Crippen LogP contribution in [0.1, 0.15) is 36.7 Å². The van der Waals surface area contributed by atoms with E-state index in [2.05, 4.69) is 6.58 Å². The van der Waals surface area contributed by atoms with Gasteiger partial charge in [0.2, 0.25) is 0 Å². The predicted octanol–water partition coefficient (Wildman–Crippen LogP) is 1.62. The van der Waals surface area contributed by atoms with Gasteiger partial charge in [0.1, 0.15) is 17.7 Å². The van der Waals surface area contributed by atoms with E-state index >= 15 is 0 Å². The van der Waals surface area contributed by atoms with Crippen LogP contribution in [-0.2, 0) is 22.5 Å². The minimum Gasteiger partial charge on any atom is -0.477 e. The first kappa shape index (κ1) is 16.7. The Hall–Kier alpha value is -2.37. The third-order valence-electron chi connectivity index (χ3n) is 2.47. The highest BCUT2D eigenvalue weighted by Gasteiger charge is 2.19. The summed E-state index contributed by atoms with van der Waals surface area (Å²) in [5.74, 6) is -1.93. The number of pyridine rings is 1. The van der Waals surface area contributed by atoms with Crippen molar-refractivity contribution in [2.75, 3.05) is 0 Å². The van der Waals surface area contributed by atoms with Crippen molar-refractivity contribution in [1.29, 1.82) is 0 Å². The molecule has 0 aliphatic rings. The lowest BCUT2D eigenvalue weighted by Gasteiger charge is -2.20. The molecule has 0 fully saturated rings. The van der Waals surface area contributed by atoms with Gasteiger partial charge in [-0.3, -0.25) is 9.59 Å². The molecule has 6 heteroatoms. The molecule has 0 aliphatic heterocycles. The van der Waals surface area contributed by atoms with E-state index in [9.17, 15) is 14.4 Å². The molecule has 0 saturated carbocycles. The summed E-state index contributed by atoms with van der Waals surface area (Å²) in [6, 6.07) is 1.29. The second kappa shape index (κ2) is 6.39. The zero-order valence-corrected chi connectivity index (χ0v) is 12.4. The summed E-state index contributed by atoms with van der Waals surface area (Å²) in [7, 11) is 0. The maximum Gasteiger partial charge on any atom is 0.341 e. The number of esters is 1. The molecule has 0 unspecified atom stereocenters. The zero-order chi connectivity index (χ0) is 16.2. The van der Waals surface area contributed by atoms with Crippen LogP contribution in [0.4, 0.5) is 0 Å². The molecular formula is C15H19NO5. The number of aromatic nitrogens is 1. The smallest absolute Gasteiger partial charge is 0.341 e. The first-order valence-electron chi connectivity index (χ1n) is 6.43. The van der Waals surface area contributed by atoms with Gasteiger partial charge in [0.25, 0.3) is 5.56 Å². The number of hydrogen-bond acceptors (Lipinski definition) is 4. The van der Waals surface area contributed by atoms with E-state index < -0.39 is 23.1 Å². The average molecular weight is 293 g/mol. The van der Waals surface area contributed by atoms with E-state index in [-0.39, 0.29) is 12.1 Å². The van der Waals surface area contributed by atoms with Gasteiger partial charge in [0.05, 0.1) is 0 Å². The third kappa shape index (κ3) is 4.91. The van der Waals surface area contributed by atoms with Crippen LogP contribution in [-0.4, -0.2) is 27.2 Å². The molecule has 1 aromatic heterocycles. The minimum atomic E-state index is -1.33. The molecule has 1 rings (SSSR count). The van der Waals surface area contributed by atoms with Crippen molar-refractivity contribution >= 4 is 11.9 Å². The monoisotopic (exact) mass is 293 g/mol. The highest BCUT2D eigenvalue weighted by atomic mass is 16.6. The first-order valence-corrected chi connectivity index (χ1v) is 6.43. The second-order valence-corrected chi connectivity index (χ2v) is 5.58. The molecule has 0 bridgehead atoms. The largest absolute Gasteiger partial charge is 0.477 e. The highest BCUT2D eigenvalue weighted by Crippen LogP contribution is 2.08. The van der Waals surface area contributed by atoms with Gasteiger partial charge in [-0.1, -0.05) is 6.08 Å². The number of carbonyl (C=O) groups is 2. The maximum atomic E-state index is 12.0. The molecule has 21 heavy (non-hydrogen) atoms. The number of aromatic carboxylic acids is 1. The van der Waals surface area contributed by atoms with Crippen molar-refractivity contribution in [3.63, 3.8) is 0 Å². The molecule has 0 saturated heterocycles. The second-order valence-electron chi connectivity index (χ2n) is 5.58. The number of carboxylic acid groups (broad SMARTS) is 1. The van der Waals surface area contributed by atoms with Crippen LogP contribution in [0, 0.1) is 0 Å². The molecule has 0 radical (unpaired) electrons. The van der Waals surface area contributed by atoms with Gasteiger partial charge in [-0.2, -0.15) is 0 Å². The molecule has 0 aromatic carbocycles. The lowest BCUT2D eigenvalue weighted by Crippen LogP contribution is -2.32. The van der Waals surface area contributed by atoms with E-state index in [1.165, 1.54) is 12.3 Å². The average Bonchev–Trinajstić information content (AvgIpc) is 2.30. The van der Waals surface area contributed by atoms with Gasteiger partial charge in [0, 0.05) is 6.20 Å². The van der Waals surface area contributed by atoms with E-state index in [4.69, 9.17) is 9.84 Å². The highest BCUT2D eigenvalue weighted by molar-refractivity contribution is 5.87. The summed E-state index contributed by atoms with van der Waals surface area (Å²) >= 11 is 0. The topological polar surface area (TPSA) is 85.6 Å². The Bertz CT molecular complexity index is 622. The number of carbonyl (C=O) groups excluding carboxylic acids is 1. The van der Waals surface area contributed by atoms with Crippen molar-refractivity contribution < 1.29 is 19.4 Å². The lowest BCUT2D eigenvalue weighted by atomic mass is 10.1. The Morgan fingerprint density at radius 1 is 1.43 bits per heavy atom. The quantitative estimate of drug-likeness (QED) is 0.658. The van der Waals surface area contributed by atoms with Crippen molar-refractivity contribution in [2.24, 2.45) is 0 Å². The van der Waals surface area contributed by atoms with Crippen molar-refractivity contribution in [1.82, 2.24) is 4.57 Å². The summed E-state index contributed by atoms with van der Waals surface area (Å²) in [4.78, 5) is 34.9. The molecule has 0 spiro atoms. The molecule has 6 nitrogen and oxygen atoms in total. The maximum absolute atomic E-state index is 12.0. The molecule has 1 heterocycles. The van der Waals surface area contributed by atoms with Gasteiger partial charge >= 0.3 is 11.9 Å². The first-order chi connectivity index (χ1) is 9.64. The molecule has 114 valence electrons. The lowest BCUT2D eigenvalue weighted by molar-refractivity contribution is -0.155. The molecule has 0 amide bonds. The summed E-state index contributed by atoms with van der Waals surface area (Å²) in [6.45, 7) is 8.37. The van der Waals surface area contributed by atoms with Crippen molar-refractivity contribution in [3.05, 3.63) is 46.4 Å². The molecular weight excluding hydrogens is 274 g/mol. The number of hydrogen-bond donors (Lipinski definition) is 1. The summed E-state index contributed by atoms with van der Waals surface area (Å²) in [6.07, 6.45) is 3.43. The Morgan fingerprint density at radius 2 is 2.05 bits per heavy atom. The number of ether oxygens (including phenoxy) is 1. The third-order valence-corrected chi connectivity index (χ3v) is 2.47. The van der Waals surface area contributed by atoms with E-state index in [0.717, 1.165) is 4.57 Å². The van der Waals surface area contributed by atoms with E-state index in [1.807, 2.05) is 0 Å². The fraction of sp³-hybridized carbons (Fsp3) is 0.400. The summed E-state index contributed by atoms with van der Waals surface area (Å²) in [5.41, 5.74) is -1.20. The minimum absolute atomic E-state index is 0.332. The Balaban J connectivity index is 3.16. The molecule has 0 aliphatic carbocycles. The van der Waals surface area contributed by atoms with E-state index in [0.29, 0.717) is 12.0 Å². The number of allylic oxidation sites excluding steroid dienone is 1. The van der Waals surface area contributed by atoms with Crippen molar-refractivity contribution in [3.8, 4) is 0 Å². The van der Waals surface area contributed by atoms with Crippen LogP contribution in [0.2, 0.25) is 0 Å². The number of carboxylic acids is 1. The Morgan fingerprint density at radius 3 is 2.52 bits per heavy atom. The predicted molar refractivity (Wildman–Crippen MR) is 77.4 cm³/mol. The van der Waals surface area contributed by atoms with Gasteiger partial charge in [-0.15, -0.1) is 6.58 Å². The SMILES string of the molecule is C=CCc1cc(C(=O)O)c(=O)n(CC(=O)OC(C)(C)C)c1. The van der Waals surface area contributed by atoms with Crippen LogP contribution in [0.5, 0.6) is 0 Å². The Kier molecular flexibility index (Phi) is 5.07. The fourth-order valence-corrected chi connectivity index (χ4v) is 1.76. The molecule has 0 atom stereocenters. The van der Waals surface area contributed by atoms with Gasteiger partial charge < -0.3 is 14.4 Å². The van der Waals surface area contributed by atoms with Crippen LogP contribution in [0.15, 0.2) is 29.7 Å². The summed E-state index contributed by atoms with van der Waals surface area (Å²) < 4.78 is 6.18. The van der Waals surface area contributed by atoms with Crippen LogP contribution in [0.25, 0.3) is 0 Å². The normalized spacial score (nSPS) is 11.0. The van der Waals surface area contributed by atoms with Crippen LogP contribution < -0.4 is 5.56 Å². The fourth-order valence-electron chi connectivity index (χ4n) is 1.76. The van der Waals surface area contributed by atoms with Crippen molar-refractivity contribution in [2.45, 2.75) is 39.3 Å². The van der Waals surface area contributed by atoms with Gasteiger partial charge in [0.15, 0.2) is 0 Å². The summed E-state index contributed by atoms with van der Waals surface area (Å²) in [5, 5.41) is 9.05. The van der Waals surface area contributed by atoms with Crippen LogP contribution in [0.3, 0.4) is 0 Å². The molecule has 1 aromatic rings. The van der Waals surface area contributed by atoms with Gasteiger partial charge in [-0.05, 0) is 38.8 Å². The standard InChI is InChI=1S/C15H19NO5/c1-5-6-10-7-11(14(19)20)13(18)16(8-10)9-12(17)21-15(2,3)4/h5,7-8H,1,6,9H2,2-4H3,(H,19,20). The van der Waals surface area contributed by atoms with Gasteiger partial charge in [-0.25, -0.2) is 4.79 Å². The Labute approximate surface area is 122 Å². The number of nitrogens with zero attached hydrogens (tertiary/aromatic N) is 1. The number of rotatable bonds is 5. The van der Waals surface area contributed by atoms with E-state index in [1.54, 1.807) is 26.8 Å².